The number of Topliss-reactive ketones (excluding diaryl/α,β-unsaturated/α-hetero) is 1. The highest BCUT2D eigenvalue weighted by Gasteiger charge is 2.24. The number of methoxy groups -OCH3 is 1. The predicted molar refractivity (Wildman–Crippen MR) is 52.3 cm³/mol. The van der Waals surface area contributed by atoms with Crippen molar-refractivity contribution >= 4 is 5.78 Å². The molecule has 0 aromatic heterocycles. The summed E-state index contributed by atoms with van der Waals surface area (Å²) in [6, 6.07) is 0. The molecule has 0 fully saturated rings. The first kappa shape index (κ1) is 10.0. The van der Waals surface area contributed by atoms with Gasteiger partial charge in [-0.1, -0.05) is 13.0 Å². The molecule has 0 radical (unpaired) electrons. The van der Waals surface area contributed by atoms with E-state index in [1.54, 1.807) is 13.2 Å². The molecule has 0 aromatic rings. The second kappa shape index (κ2) is 4.26. The highest BCUT2D eigenvalue weighted by atomic mass is 16.5. The highest BCUT2D eigenvalue weighted by molar-refractivity contribution is 5.97. The van der Waals surface area contributed by atoms with Crippen molar-refractivity contribution in [1.29, 1.82) is 0 Å². The van der Waals surface area contributed by atoms with Crippen LogP contribution < -0.4 is 0 Å². The van der Waals surface area contributed by atoms with Crippen LogP contribution in [0.4, 0.5) is 0 Å². The largest absolute Gasteiger partial charge is 0.501 e. The molecule has 13 heavy (non-hydrogen) atoms. The summed E-state index contributed by atoms with van der Waals surface area (Å²) in [5, 5.41) is 0. The topological polar surface area (TPSA) is 26.3 Å². The standard InChI is InChI=1S/C11H16O2/c1-4-5-9-10(12)6-8(2)7-11(9)13-3/h4,8H,1,5-7H2,2-3H3. The summed E-state index contributed by atoms with van der Waals surface area (Å²) >= 11 is 0. The maximum Gasteiger partial charge on any atom is 0.162 e. The van der Waals surface area contributed by atoms with Crippen LogP contribution in [-0.2, 0) is 9.53 Å². The van der Waals surface area contributed by atoms with Gasteiger partial charge >= 0.3 is 0 Å². The van der Waals surface area contributed by atoms with Crippen LogP contribution in [0.5, 0.6) is 0 Å². The lowest BCUT2D eigenvalue weighted by molar-refractivity contribution is -0.117. The minimum Gasteiger partial charge on any atom is -0.501 e. The van der Waals surface area contributed by atoms with Gasteiger partial charge in [-0.2, -0.15) is 0 Å². The van der Waals surface area contributed by atoms with Crippen molar-refractivity contribution in [3.05, 3.63) is 24.0 Å². The van der Waals surface area contributed by atoms with Crippen molar-refractivity contribution in [3.8, 4) is 0 Å². The normalized spacial score (nSPS) is 23.2. The summed E-state index contributed by atoms with van der Waals surface area (Å²) in [6.07, 6.45) is 3.92. The first-order valence-corrected chi connectivity index (χ1v) is 4.59. The second-order valence-corrected chi connectivity index (χ2v) is 3.54. The van der Waals surface area contributed by atoms with E-state index in [9.17, 15) is 4.79 Å². The molecule has 0 saturated carbocycles. The van der Waals surface area contributed by atoms with Crippen molar-refractivity contribution < 1.29 is 9.53 Å². The van der Waals surface area contributed by atoms with Gasteiger partial charge in [0, 0.05) is 18.4 Å². The van der Waals surface area contributed by atoms with Gasteiger partial charge in [-0.3, -0.25) is 4.79 Å². The van der Waals surface area contributed by atoms with Crippen molar-refractivity contribution in [1.82, 2.24) is 0 Å². The zero-order valence-corrected chi connectivity index (χ0v) is 8.30. The molecule has 0 bridgehead atoms. The Kier molecular flexibility index (Phi) is 3.29. The van der Waals surface area contributed by atoms with Crippen LogP contribution >= 0.6 is 0 Å². The Bertz CT molecular complexity index is 251. The van der Waals surface area contributed by atoms with Gasteiger partial charge in [-0.25, -0.2) is 0 Å². The Balaban J connectivity index is 2.91. The smallest absolute Gasteiger partial charge is 0.162 e. The Labute approximate surface area is 79.3 Å². The van der Waals surface area contributed by atoms with Crippen LogP contribution in [0.2, 0.25) is 0 Å². The lowest BCUT2D eigenvalue weighted by Gasteiger charge is -2.22. The molecular formula is C11H16O2. The summed E-state index contributed by atoms with van der Waals surface area (Å²) in [6.45, 7) is 5.71. The third-order valence-corrected chi connectivity index (χ3v) is 2.34. The van der Waals surface area contributed by atoms with Crippen LogP contribution in [-0.4, -0.2) is 12.9 Å². The molecule has 1 unspecified atom stereocenters. The molecule has 0 saturated heterocycles. The molecule has 0 amide bonds. The summed E-state index contributed by atoms with van der Waals surface area (Å²) in [5.74, 6) is 1.48. The van der Waals surface area contributed by atoms with E-state index < -0.39 is 0 Å². The fourth-order valence-corrected chi connectivity index (χ4v) is 1.69. The minimum absolute atomic E-state index is 0.218. The van der Waals surface area contributed by atoms with E-state index in [1.165, 1.54) is 0 Å². The average Bonchev–Trinajstić information content (AvgIpc) is 2.09. The fraction of sp³-hybridized carbons (Fsp3) is 0.545. The monoisotopic (exact) mass is 180 g/mol. The number of hydrogen-bond acceptors (Lipinski definition) is 2. The van der Waals surface area contributed by atoms with E-state index in [-0.39, 0.29) is 5.78 Å². The number of carbonyl (C=O) groups is 1. The van der Waals surface area contributed by atoms with Crippen LogP contribution in [0.15, 0.2) is 24.0 Å². The van der Waals surface area contributed by atoms with E-state index in [0.717, 1.165) is 17.8 Å². The second-order valence-electron chi connectivity index (χ2n) is 3.54. The van der Waals surface area contributed by atoms with Gasteiger partial charge in [-0.05, 0) is 12.3 Å². The number of ketones is 1. The predicted octanol–water partition coefficient (Wildman–Crippen LogP) is 2.46. The summed E-state index contributed by atoms with van der Waals surface area (Å²) in [5.41, 5.74) is 0.815. The molecule has 1 atom stereocenters. The van der Waals surface area contributed by atoms with Crippen molar-refractivity contribution in [2.45, 2.75) is 26.2 Å². The third-order valence-electron chi connectivity index (χ3n) is 2.34. The Morgan fingerprint density at radius 3 is 2.85 bits per heavy atom. The molecule has 1 aliphatic rings. The van der Waals surface area contributed by atoms with E-state index in [2.05, 4.69) is 13.5 Å². The number of allylic oxidation sites excluding steroid dienone is 3. The van der Waals surface area contributed by atoms with Crippen LogP contribution in [0.3, 0.4) is 0 Å². The van der Waals surface area contributed by atoms with Gasteiger partial charge in [0.15, 0.2) is 5.78 Å². The molecule has 1 rings (SSSR count). The Morgan fingerprint density at radius 1 is 1.62 bits per heavy atom. The molecule has 72 valence electrons. The Hall–Kier alpha value is -1.05. The number of ether oxygens (including phenoxy) is 1. The number of hydrogen-bond donors (Lipinski definition) is 0. The van der Waals surface area contributed by atoms with Crippen molar-refractivity contribution in [2.75, 3.05) is 7.11 Å². The van der Waals surface area contributed by atoms with Crippen molar-refractivity contribution in [3.63, 3.8) is 0 Å². The van der Waals surface area contributed by atoms with Crippen LogP contribution in [0, 0.1) is 5.92 Å². The first-order valence-electron chi connectivity index (χ1n) is 4.59. The van der Waals surface area contributed by atoms with Gasteiger partial charge in [0.1, 0.15) is 5.76 Å². The first-order chi connectivity index (χ1) is 6.19. The summed E-state index contributed by atoms with van der Waals surface area (Å²) in [7, 11) is 1.63. The quantitative estimate of drug-likeness (QED) is 0.624. The third kappa shape index (κ3) is 2.20. The maximum atomic E-state index is 11.6. The molecule has 0 N–H and O–H groups in total. The SMILES string of the molecule is C=CCC1=C(OC)CC(C)CC1=O. The molecule has 0 aromatic carbocycles. The fourth-order valence-electron chi connectivity index (χ4n) is 1.69. The minimum atomic E-state index is 0.218. The van der Waals surface area contributed by atoms with Crippen molar-refractivity contribution in [2.24, 2.45) is 5.92 Å². The lowest BCUT2D eigenvalue weighted by Crippen LogP contribution is -2.18. The summed E-state index contributed by atoms with van der Waals surface area (Å²) < 4.78 is 5.21. The van der Waals surface area contributed by atoms with Gasteiger partial charge < -0.3 is 4.74 Å². The highest BCUT2D eigenvalue weighted by Crippen LogP contribution is 2.28. The molecule has 0 aliphatic heterocycles. The maximum absolute atomic E-state index is 11.6. The van der Waals surface area contributed by atoms with Gasteiger partial charge in [0.2, 0.25) is 0 Å². The van der Waals surface area contributed by atoms with Gasteiger partial charge in [0.25, 0.3) is 0 Å². The van der Waals surface area contributed by atoms with E-state index in [4.69, 9.17) is 4.74 Å². The zero-order chi connectivity index (χ0) is 9.84. The van der Waals surface area contributed by atoms with E-state index in [1.807, 2.05) is 0 Å². The van der Waals surface area contributed by atoms with Crippen LogP contribution in [0.1, 0.15) is 26.2 Å². The number of rotatable bonds is 3. The molecule has 2 heteroatoms. The van der Waals surface area contributed by atoms with Gasteiger partial charge in [0.05, 0.1) is 7.11 Å². The zero-order valence-electron chi connectivity index (χ0n) is 8.30. The molecule has 2 nitrogen and oxygen atoms in total. The van der Waals surface area contributed by atoms with Crippen LogP contribution in [0.25, 0.3) is 0 Å². The molecular weight excluding hydrogens is 164 g/mol. The lowest BCUT2D eigenvalue weighted by atomic mass is 9.87. The molecule has 0 spiro atoms. The van der Waals surface area contributed by atoms with E-state index in [0.29, 0.717) is 18.8 Å². The average molecular weight is 180 g/mol. The Morgan fingerprint density at radius 2 is 2.31 bits per heavy atom. The number of carbonyl (C=O) groups excluding carboxylic acids is 1. The molecule has 0 heterocycles. The summed E-state index contributed by atoms with van der Waals surface area (Å²) in [4.78, 5) is 11.6. The van der Waals surface area contributed by atoms with E-state index >= 15 is 0 Å². The molecule has 1 aliphatic carbocycles. The van der Waals surface area contributed by atoms with Gasteiger partial charge in [-0.15, -0.1) is 6.58 Å².